The molecule has 0 radical (unpaired) electrons. The van der Waals surface area contributed by atoms with E-state index in [9.17, 15) is 22.8 Å². The average Bonchev–Trinajstić information content (AvgIpc) is 2.73. The highest BCUT2D eigenvalue weighted by Crippen LogP contribution is 2.16. The van der Waals surface area contributed by atoms with Gasteiger partial charge in [-0.15, -0.1) is 0 Å². The maximum absolute atomic E-state index is 12.4. The van der Waals surface area contributed by atoms with Gasteiger partial charge in [0.2, 0.25) is 10.0 Å². The fraction of sp³-hybridized carbons (Fsp3) is 0.381. The van der Waals surface area contributed by atoms with Crippen LogP contribution in [0.3, 0.4) is 0 Å². The zero-order valence-corrected chi connectivity index (χ0v) is 18.8. The largest absolute Gasteiger partial charge is 0.462 e. The van der Waals surface area contributed by atoms with Crippen LogP contribution in [0.1, 0.15) is 25.3 Å². The van der Waals surface area contributed by atoms with E-state index in [-0.39, 0.29) is 37.5 Å². The number of esters is 2. The maximum atomic E-state index is 12.4. The van der Waals surface area contributed by atoms with Crippen molar-refractivity contribution in [3.8, 4) is 0 Å². The Morgan fingerprint density at radius 1 is 1.03 bits per heavy atom. The van der Waals surface area contributed by atoms with Gasteiger partial charge in [-0.1, -0.05) is 25.3 Å². The van der Waals surface area contributed by atoms with Crippen LogP contribution in [-0.2, 0) is 35.5 Å². The minimum atomic E-state index is -3.76. The summed E-state index contributed by atoms with van der Waals surface area (Å²) in [5.74, 6) is -1.16. The molecule has 0 atom stereocenters. The van der Waals surface area contributed by atoms with E-state index in [1.54, 1.807) is 19.1 Å². The molecule has 0 fully saturated rings. The number of amides is 2. The van der Waals surface area contributed by atoms with Gasteiger partial charge in [0.1, 0.15) is 0 Å². The van der Waals surface area contributed by atoms with E-state index in [0.717, 1.165) is 17.7 Å². The number of sulfonamides is 1. The Hall–Kier alpha value is -3.18. The number of hydrogen-bond acceptors (Lipinski definition) is 7. The second-order valence-electron chi connectivity index (χ2n) is 7.12. The van der Waals surface area contributed by atoms with E-state index in [2.05, 4.69) is 23.8 Å². The first-order valence-electron chi connectivity index (χ1n) is 9.75. The minimum Gasteiger partial charge on any atom is -0.462 e. The third kappa shape index (κ3) is 10.2. The lowest BCUT2D eigenvalue weighted by Crippen LogP contribution is -2.51. The molecule has 1 aromatic rings. The predicted octanol–water partition coefficient (Wildman–Crippen LogP) is 1.17. The number of primary sulfonamides is 1. The highest BCUT2D eigenvalue weighted by Gasteiger charge is 2.27. The summed E-state index contributed by atoms with van der Waals surface area (Å²) in [7, 11) is -3.76. The number of carbonyl (C=O) groups is 3. The Morgan fingerprint density at radius 3 is 1.97 bits per heavy atom. The molecule has 4 N–H and O–H groups in total. The quantitative estimate of drug-likeness (QED) is 0.291. The summed E-state index contributed by atoms with van der Waals surface area (Å²) >= 11 is 0. The van der Waals surface area contributed by atoms with E-state index < -0.39 is 33.5 Å². The van der Waals surface area contributed by atoms with Gasteiger partial charge in [0.15, 0.2) is 0 Å². The lowest BCUT2D eigenvalue weighted by Gasteiger charge is -2.30. The number of carbonyl (C=O) groups excluding carboxylic acids is 3. The van der Waals surface area contributed by atoms with Crippen molar-refractivity contribution in [3.05, 3.63) is 55.1 Å². The normalized spacial score (nSPS) is 11.2. The Kier molecular flexibility index (Phi) is 10.6. The number of rotatable bonds is 13. The molecule has 10 nitrogen and oxygen atoms in total. The van der Waals surface area contributed by atoms with Crippen LogP contribution in [0.15, 0.2) is 54.5 Å². The minimum absolute atomic E-state index is 0.0111. The van der Waals surface area contributed by atoms with Crippen LogP contribution in [0.2, 0.25) is 0 Å². The number of urea groups is 1. The maximum Gasteiger partial charge on any atom is 0.330 e. The SMILES string of the molecule is C=CC(=O)OCCC(C)(CCOC(=O)C=C)NC(=O)NCCc1ccc(S(N)(=O)=O)cc1. The molecule has 0 heterocycles. The second kappa shape index (κ2) is 12.6. The molecule has 2 amide bonds. The lowest BCUT2D eigenvalue weighted by molar-refractivity contribution is -0.138. The molecule has 0 saturated heterocycles. The van der Waals surface area contributed by atoms with E-state index in [4.69, 9.17) is 14.6 Å². The van der Waals surface area contributed by atoms with Crippen LogP contribution in [0.4, 0.5) is 4.79 Å². The first-order valence-corrected chi connectivity index (χ1v) is 11.3. The third-order valence-corrected chi connectivity index (χ3v) is 5.43. The van der Waals surface area contributed by atoms with Crippen molar-refractivity contribution in [2.45, 2.75) is 36.6 Å². The van der Waals surface area contributed by atoms with E-state index in [1.165, 1.54) is 12.1 Å². The second-order valence-corrected chi connectivity index (χ2v) is 8.69. The summed E-state index contributed by atoms with van der Waals surface area (Å²) in [5, 5.41) is 10.6. The van der Waals surface area contributed by atoms with Crippen LogP contribution < -0.4 is 15.8 Å². The van der Waals surface area contributed by atoms with Gasteiger partial charge in [-0.25, -0.2) is 27.9 Å². The van der Waals surface area contributed by atoms with Crippen molar-refractivity contribution >= 4 is 28.0 Å². The smallest absolute Gasteiger partial charge is 0.330 e. The summed E-state index contributed by atoms with van der Waals surface area (Å²) in [4.78, 5) is 34.9. The fourth-order valence-corrected chi connectivity index (χ4v) is 3.12. The summed E-state index contributed by atoms with van der Waals surface area (Å²) in [6, 6.07) is 5.57. The van der Waals surface area contributed by atoms with Crippen LogP contribution in [0, 0.1) is 0 Å². The summed E-state index contributed by atoms with van der Waals surface area (Å²) in [6.45, 7) is 8.74. The van der Waals surface area contributed by atoms with Gasteiger partial charge < -0.3 is 20.1 Å². The first-order chi connectivity index (χ1) is 15.0. The Bertz CT molecular complexity index is 901. The van der Waals surface area contributed by atoms with Gasteiger partial charge >= 0.3 is 18.0 Å². The van der Waals surface area contributed by atoms with Crippen molar-refractivity contribution in [2.24, 2.45) is 5.14 Å². The van der Waals surface area contributed by atoms with Gasteiger partial charge in [-0.05, 0) is 31.0 Å². The molecule has 0 bridgehead atoms. The summed E-state index contributed by atoms with van der Waals surface area (Å²) in [6.07, 6.45) is 3.10. The zero-order valence-electron chi connectivity index (χ0n) is 18.0. The number of nitrogens with one attached hydrogen (secondary N) is 2. The molecule has 11 heteroatoms. The summed E-state index contributed by atoms with van der Waals surface area (Å²) in [5.41, 5.74) is -0.0162. The van der Waals surface area contributed by atoms with Crippen molar-refractivity contribution in [1.82, 2.24) is 10.6 Å². The molecule has 1 aromatic carbocycles. The highest BCUT2D eigenvalue weighted by atomic mass is 32.2. The topological polar surface area (TPSA) is 154 Å². The standard InChI is InChI=1S/C21H29N3O7S/c1-4-18(25)30-14-11-21(3,12-15-31-19(26)5-2)24-20(27)23-13-10-16-6-8-17(9-7-16)32(22,28)29/h4-9H,1-2,10-15H2,3H3,(H2,22,28,29)(H2,23,24,27). The van der Waals surface area contributed by atoms with E-state index in [1.807, 2.05) is 0 Å². The molecule has 0 aliphatic carbocycles. The monoisotopic (exact) mass is 467 g/mol. The third-order valence-electron chi connectivity index (χ3n) is 4.50. The highest BCUT2D eigenvalue weighted by molar-refractivity contribution is 7.89. The van der Waals surface area contributed by atoms with E-state index in [0.29, 0.717) is 6.42 Å². The molecule has 0 aromatic heterocycles. The van der Waals surface area contributed by atoms with Gasteiger partial charge in [-0.2, -0.15) is 0 Å². The first kappa shape index (κ1) is 26.9. The Balaban J connectivity index is 2.60. The average molecular weight is 468 g/mol. The Morgan fingerprint density at radius 2 is 1.53 bits per heavy atom. The zero-order chi connectivity index (χ0) is 24.2. The molecule has 176 valence electrons. The number of nitrogens with two attached hydrogens (primary N) is 1. The molecule has 0 aliphatic rings. The van der Waals surface area contributed by atoms with Gasteiger partial charge in [0.05, 0.1) is 18.1 Å². The molecular formula is C21H29N3O7S. The van der Waals surface area contributed by atoms with Gasteiger partial charge in [-0.3, -0.25) is 0 Å². The van der Waals surface area contributed by atoms with Crippen LogP contribution in [0.25, 0.3) is 0 Å². The summed E-state index contributed by atoms with van der Waals surface area (Å²) < 4.78 is 32.5. The lowest BCUT2D eigenvalue weighted by atomic mass is 9.94. The number of ether oxygens (including phenoxy) is 2. The molecule has 32 heavy (non-hydrogen) atoms. The fourth-order valence-electron chi connectivity index (χ4n) is 2.61. The van der Waals surface area contributed by atoms with Gasteiger partial charge in [0, 0.05) is 37.1 Å². The van der Waals surface area contributed by atoms with Crippen molar-refractivity contribution in [1.29, 1.82) is 0 Å². The van der Waals surface area contributed by atoms with Crippen molar-refractivity contribution < 1.29 is 32.3 Å². The molecule has 0 saturated carbocycles. The predicted molar refractivity (Wildman–Crippen MR) is 118 cm³/mol. The van der Waals surface area contributed by atoms with Gasteiger partial charge in [0.25, 0.3) is 0 Å². The van der Waals surface area contributed by atoms with Crippen molar-refractivity contribution in [2.75, 3.05) is 19.8 Å². The molecule has 0 spiro atoms. The Labute approximate surface area is 187 Å². The van der Waals surface area contributed by atoms with Crippen LogP contribution in [-0.4, -0.2) is 51.7 Å². The van der Waals surface area contributed by atoms with Crippen molar-refractivity contribution in [3.63, 3.8) is 0 Å². The molecule has 0 aliphatic heterocycles. The van der Waals surface area contributed by atoms with Crippen LogP contribution in [0.5, 0.6) is 0 Å². The van der Waals surface area contributed by atoms with E-state index >= 15 is 0 Å². The van der Waals surface area contributed by atoms with Crippen LogP contribution >= 0.6 is 0 Å². The molecule has 0 unspecified atom stereocenters. The molecular weight excluding hydrogens is 438 g/mol. The number of hydrogen-bond donors (Lipinski definition) is 3. The number of benzene rings is 1. The molecule has 1 rings (SSSR count).